The van der Waals surface area contributed by atoms with Crippen molar-refractivity contribution in [2.24, 2.45) is 7.05 Å². The third-order valence-corrected chi connectivity index (χ3v) is 4.67. The number of hydrogen-bond acceptors (Lipinski definition) is 4. The summed E-state index contributed by atoms with van der Waals surface area (Å²) >= 11 is 0. The molecule has 0 aliphatic rings. The van der Waals surface area contributed by atoms with Crippen LogP contribution in [0.2, 0.25) is 0 Å². The summed E-state index contributed by atoms with van der Waals surface area (Å²) < 4.78 is 28.1. The number of nitrogens with zero attached hydrogens (tertiary/aromatic N) is 2. The van der Waals surface area contributed by atoms with E-state index in [2.05, 4.69) is 22.1 Å². The van der Waals surface area contributed by atoms with Crippen LogP contribution in [0.25, 0.3) is 0 Å². The van der Waals surface area contributed by atoms with Crippen LogP contribution in [0, 0.1) is 6.92 Å². The van der Waals surface area contributed by atoms with Gasteiger partial charge in [0.2, 0.25) is 10.0 Å². The molecule has 0 radical (unpaired) electrons. The van der Waals surface area contributed by atoms with Gasteiger partial charge < -0.3 is 5.32 Å². The van der Waals surface area contributed by atoms with E-state index in [4.69, 9.17) is 0 Å². The zero-order chi connectivity index (χ0) is 15.0. The minimum Gasteiger partial charge on any atom is -0.317 e. The van der Waals surface area contributed by atoms with Gasteiger partial charge in [0.25, 0.3) is 0 Å². The first-order chi connectivity index (χ1) is 9.46. The van der Waals surface area contributed by atoms with Crippen LogP contribution < -0.4 is 10.0 Å². The summed E-state index contributed by atoms with van der Waals surface area (Å²) in [6, 6.07) is 0. The first kappa shape index (κ1) is 17.1. The van der Waals surface area contributed by atoms with Crippen LogP contribution >= 0.6 is 0 Å². The molecule has 0 saturated carbocycles. The Hall–Kier alpha value is -0.920. The van der Waals surface area contributed by atoms with Gasteiger partial charge in [0.05, 0.1) is 11.9 Å². The highest BCUT2D eigenvalue weighted by Crippen LogP contribution is 2.05. The molecule has 2 N–H and O–H groups in total. The van der Waals surface area contributed by atoms with Gasteiger partial charge in [-0.25, -0.2) is 13.1 Å². The van der Waals surface area contributed by atoms with Gasteiger partial charge in [-0.2, -0.15) is 5.10 Å². The third kappa shape index (κ3) is 6.02. The van der Waals surface area contributed by atoms with Gasteiger partial charge in [-0.3, -0.25) is 4.68 Å². The Balaban J connectivity index is 2.26. The first-order valence-electron chi connectivity index (χ1n) is 7.12. The van der Waals surface area contributed by atoms with Crippen molar-refractivity contribution in [2.75, 3.05) is 18.8 Å². The SMILES string of the molecule is CCCNCCCCS(=O)(=O)NCc1cnn(C)c1C. The second kappa shape index (κ2) is 8.39. The highest BCUT2D eigenvalue weighted by molar-refractivity contribution is 7.89. The van der Waals surface area contributed by atoms with Gasteiger partial charge in [0.1, 0.15) is 0 Å². The lowest BCUT2D eigenvalue weighted by molar-refractivity contribution is 0.572. The lowest BCUT2D eigenvalue weighted by Crippen LogP contribution is -2.26. The van der Waals surface area contributed by atoms with Crippen LogP contribution in [0.3, 0.4) is 0 Å². The lowest BCUT2D eigenvalue weighted by Gasteiger charge is -2.07. The molecule has 7 heteroatoms. The molecule has 0 unspecified atom stereocenters. The molecule has 0 aromatic carbocycles. The number of rotatable bonds is 10. The predicted molar refractivity (Wildman–Crippen MR) is 81.0 cm³/mol. The number of sulfonamides is 1. The summed E-state index contributed by atoms with van der Waals surface area (Å²) in [4.78, 5) is 0. The van der Waals surface area contributed by atoms with Crippen molar-refractivity contribution in [1.29, 1.82) is 0 Å². The molecule has 0 atom stereocenters. The van der Waals surface area contributed by atoms with Gasteiger partial charge in [0, 0.05) is 24.8 Å². The van der Waals surface area contributed by atoms with E-state index in [0.717, 1.165) is 37.2 Å². The van der Waals surface area contributed by atoms with Crippen molar-refractivity contribution < 1.29 is 8.42 Å². The fourth-order valence-corrected chi connectivity index (χ4v) is 2.93. The zero-order valence-corrected chi connectivity index (χ0v) is 13.5. The van der Waals surface area contributed by atoms with E-state index < -0.39 is 10.0 Å². The second-order valence-electron chi connectivity index (χ2n) is 4.98. The lowest BCUT2D eigenvalue weighted by atomic mass is 10.3. The van der Waals surface area contributed by atoms with Crippen molar-refractivity contribution in [3.63, 3.8) is 0 Å². The van der Waals surface area contributed by atoms with Gasteiger partial charge in [-0.05, 0) is 39.3 Å². The molecule has 6 nitrogen and oxygen atoms in total. The number of hydrogen-bond donors (Lipinski definition) is 2. The topological polar surface area (TPSA) is 76.0 Å². The van der Waals surface area contributed by atoms with Crippen LogP contribution in [0.5, 0.6) is 0 Å². The standard InChI is InChI=1S/C13H26N4O2S/c1-4-7-14-8-5-6-9-20(18,19)16-11-13-10-15-17(3)12(13)2/h10,14,16H,4-9,11H2,1-3H3. The average Bonchev–Trinajstić information content (AvgIpc) is 2.72. The normalized spacial score (nSPS) is 11.9. The maximum atomic E-state index is 11.9. The number of aromatic nitrogens is 2. The van der Waals surface area contributed by atoms with E-state index in [9.17, 15) is 8.42 Å². The van der Waals surface area contributed by atoms with Crippen molar-refractivity contribution in [2.45, 2.75) is 39.7 Å². The quantitative estimate of drug-likeness (QED) is 0.630. The molecule has 0 bridgehead atoms. The van der Waals surface area contributed by atoms with Crippen molar-refractivity contribution in [3.8, 4) is 0 Å². The van der Waals surface area contributed by atoms with Crippen molar-refractivity contribution >= 4 is 10.0 Å². The molecule has 1 rings (SSSR count). The van der Waals surface area contributed by atoms with Gasteiger partial charge in [-0.1, -0.05) is 6.92 Å². The Morgan fingerprint density at radius 1 is 1.30 bits per heavy atom. The minimum absolute atomic E-state index is 0.181. The van der Waals surface area contributed by atoms with E-state index in [1.54, 1.807) is 10.9 Å². The molecule has 0 spiro atoms. The predicted octanol–water partition coefficient (Wildman–Crippen LogP) is 0.928. The molecular weight excluding hydrogens is 276 g/mol. The fourth-order valence-electron chi connectivity index (χ4n) is 1.82. The molecular formula is C13H26N4O2S. The van der Waals surface area contributed by atoms with Crippen LogP contribution in [0.4, 0.5) is 0 Å². The van der Waals surface area contributed by atoms with E-state index in [1.165, 1.54) is 0 Å². The third-order valence-electron chi connectivity index (χ3n) is 3.26. The minimum atomic E-state index is -3.19. The van der Waals surface area contributed by atoms with Crippen molar-refractivity contribution in [3.05, 3.63) is 17.5 Å². The largest absolute Gasteiger partial charge is 0.317 e. The highest BCUT2D eigenvalue weighted by Gasteiger charge is 2.11. The Morgan fingerprint density at radius 3 is 2.65 bits per heavy atom. The maximum Gasteiger partial charge on any atom is 0.211 e. The molecule has 1 aromatic heterocycles. The summed E-state index contributed by atoms with van der Waals surface area (Å²) in [6.07, 6.45) is 4.36. The molecule has 0 aliphatic heterocycles. The van der Waals surface area contributed by atoms with Crippen LogP contribution in [-0.4, -0.2) is 37.0 Å². The summed E-state index contributed by atoms with van der Waals surface area (Å²) in [5.74, 6) is 0.181. The van der Waals surface area contributed by atoms with Crippen LogP contribution in [-0.2, 0) is 23.6 Å². The summed E-state index contributed by atoms with van der Waals surface area (Å²) in [6.45, 7) is 6.23. The molecule has 1 aromatic rings. The van der Waals surface area contributed by atoms with Gasteiger partial charge in [0.15, 0.2) is 0 Å². The average molecular weight is 302 g/mol. The van der Waals surface area contributed by atoms with Crippen LogP contribution in [0.15, 0.2) is 6.20 Å². The smallest absolute Gasteiger partial charge is 0.211 e. The fraction of sp³-hybridized carbons (Fsp3) is 0.769. The molecule has 116 valence electrons. The Morgan fingerprint density at radius 2 is 2.05 bits per heavy atom. The van der Waals surface area contributed by atoms with Crippen molar-refractivity contribution in [1.82, 2.24) is 19.8 Å². The monoisotopic (exact) mass is 302 g/mol. The Kier molecular flexibility index (Phi) is 7.18. The highest BCUT2D eigenvalue weighted by atomic mass is 32.2. The summed E-state index contributed by atoms with van der Waals surface area (Å²) in [5.41, 5.74) is 1.90. The number of unbranched alkanes of at least 4 members (excludes halogenated alkanes) is 1. The number of aryl methyl sites for hydroxylation is 1. The van der Waals surface area contributed by atoms with E-state index in [1.807, 2.05) is 14.0 Å². The van der Waals surface area contributed by atoms with Gasteiger partial charge in [-0.15, -0.1) is 0 Å². The Labute approximate surface area is 122 Å². The summed E-state index contributed by atoms with van der Waals surface area (Å²) in [7, 11) is -1.35. The van der Waals surface area contributed by atoms with Crippen LogP contribution in [0.1, 0.15) is 37.4 Å². The van der Waals surface area contributed by atoms with E-state index in [-0.39, 0.29) is 5.75 Å². The molecule has 0 aliphatic carbocycles. The first-order valence-corrected chi connectivity index (χ1v) is 8.77. The molecule has 0 amide bonds. The second-order valence-corrected chi connectivity index (χ2v) is 6.90. The Bertz CT molecular complexity index is 496. The molecule has 0 fully saturated rings. The number of nitrogens with one attached hydrogen (secondary N) is 2. The zero-order valence-electron chi connectivity index (χ0n) is 12.6. The van der Waals surface area contributed by atoms with Gasteiger partial charge >= 0.3 is 0 Å². The molecule has 1 heterocycles. The molecule has 20 heavy (non-hydrogen) atoms. The summed E-state index contributed by atoms with van der Waals surface area (Å²) in [5, 5.41) is 7.36. The molecule has 0 saturated heterocycles. The van der Waals surface area contributed by atoms with E-state index >= 15 is 0 Å². The van der Waals surface area contributed by atoms with E-state index in [0.29, 0.717) is 13.0 Å². The maximum absolute atomic E-state index is 11.9.